The SMILES string of the molecule is C[N+](C)(C)CCCNC(=O)c1cc(=O)c2ccccc2o1. The van der Waals surface area contributed by atoms with Crippen LogP contribution in [0.4, 0.5) is 0 Å². The van der Waals surface area contributed by atoms with E-state index in [1.165, 1.54) is 6.07 Å². The Balaban J connectivity index is 2.05. The Hall–Kier alpha value is -2.14. The Morgan fingerprint density at radius 2 is 1.95 bits per heavy atom. The van der Waals surface area contributed by atoms with Gasteiger partial charge in [0.25, 0.3) is 5.91 Å². The summed E-state index contributed by atoms with van der Waals surface area (Å²) in [5, 5.41) is 3.27. The Morgan fingerprint density at radius 1 is 1.24 bits per heavy atom. The zero-order valence-electron chi connectivity index (χ0n) is 12.7. The molecule has 0 fully saturated rings. The van der Waals surface area contributed by atoms with Crippen LogP contribution in [0, 0.1) is 0 Å². The molecule has 0 saturated carbocycles. The molecule has 1 aromatic heterocycles. The van der Waals surface area contributed by atoms with Crippen molar-refractivity contribution in [1.82, 2.24) is 5.32 Å². The molecule has 2 aromatic rings. The summed E-state index contributed by atoms with van der Waals surface area (Å²) in [6, 6.07) is 8.16. The van der Waals surface area contributed by atoms with Crippen molar-refractivity contribution < 1.29 is 13.7 Å². The number of hydrogen-bond acceptors (Lipinski definition) is 3. The lowest BCUT2D eigenvalue weighted by molar-refractivity contribution is -0.870. The van der Waals surface area contributed by atoms with Crippen LogP contribution in [0.2, 0.25) is 0 Å². The van der Waals surface area contributed by atoms with Gasteiger partial charge in [-0.1, -0.05) is 12.1 Å². The van der Waals surface area contributed by atoms with Crippen molar-refractivity contribution in [3.8, 4) is 0 Å². The largest absolute Gasteiger partial charge is 0.451 e. The van der Waals surface area contributed by atoms with E-state index >= 15 is 0 Å². The molecule has 0 aliphatic carbocycles. The van der Waals surface area contributed by atoms with Gasteiger partial charge < -0.3 is 14.2 Å². The number of benzene rings is 1. The van der Waals surface area contributed by atoms with Gasteiger partial charge in [-0.15, -0.1) is 0 Å². The van der Waals surface area contributed by atoms with Crippen LogP contribution in [0.15, 0.2) is 39.5 Å². The molecule has 0 radical (unpaired) electrons. The van der Waals surface area contributed by atoms with E-state index in [2.05, 4.69) is 26.5 Å². The second kappa shape index (κ2) is 6.10. The summed E-state index contributed by atoms with van der Waals surface area (Å²) >= 11 is 0. The lowest BCUT2D eigenvalue weighted by Gasteiger charge is -2.23. The number of amides is 1. The Labute approximate surface area is 123 Å². The Kier molecular flexibility index (Phi) is 4.43. The molecule has 0 aliphatic heterocycles. The number of rotatable bonds is 5. The molecule has 21 heavy (non-hydrogen) atoms. The number of quaternary nitrogens is 1. The summed E-state index contributed by atoms with van der Waals surface area (Å²) in [6.45, 7) is 1.52. The molecule has 1 amide bonds. The highest BCUT2D eigenvalue weighted by Gasteiger charge is 2.12. The van der Waals surface area contributed by atoms with Crippen LogP contribution < -0.4 is 10.7 Å². The van der Waals surface area contributed by atoms with Crippen molar-refractivity contribution in [3.05, 3.63) is 46.3 Å². The zero-order valence-corrected chi connectivity index (χ0v) is 12.7. The molecule has 2 rings (SSSR count). The molecular formula is C16H21N2O3+. The van der Waals surface area contributed by atoms with Gasteiger partial charge in [0.2, 0.25) is 0 Å². The van der Waals surface area contributed by atoms with E-state index in [9.17, 15) is 9.59 Å². The van der Waals surface area contributed by atoms with E-state index in [0.29, 0.717) is 17.5 Å². The van der Waals surface area contributed by atoms with Gasteiger partial charge in [0.1, 0.15) is 5.58 Å². The molecule has 0 bridgehead atoms. The molecule has 5 nitrogen and oxygen atoms in total. The molecule has 1 aromatic carbocycles. The van der Waals surface area contributed by atoms with Gasteiger partial charge >= 0.3 is 0 Å². The van der Waals surface area contributed by atoms with Crippen LogP contribution in [0.3, 0.4) is 0 Å². The van der Waals surface area contributed by atoms with E-state index in [4.69, 9.17) is 4.42 Å². The van der Waals surface area contributed by atoms with Crippen LogP contribution in [0.25, 0.3) is 11.0 Å². The third-order valence-electron chi connectivity index (χ3n) is 3.15. The maximum absolute atomic E-state index is 12.0. The fourth-order valence-electron chi connectivity index (χ4n) is 2.06. The van der Waals surface area contributed by atoms with Crippen molar-refractivity contribution in [3.63, 3.8) is 0 Å². The molecule has 0 unspecified atom stereocenters. The first kappa shape index (κ1) is 15.3. The standard InChI is InChI=1S/C16H20N2O3/c1-18(2,3)10-6-9-17-16(20)15-11-13(19)12-7-4-5-8-14(12)21-15/h4-5,7-8,11H,6,9-10H2,1-3H3/p+1. The summed E-state index contributed by atoms with van der Waals surface area (Å²) < 4.78 is 6.33. The van der Waals surface area contributed by atoms with Crippen molar-refractivity contribution in [2.75, 3.05) is 34.2 Å². The number of para-hydroxylation sites is 1. The highest BCUT2D eigenvalue weighted by Crippen LogP contribution is 2.11. The minimum absolute atomic E-state index is 0.0592. The summed E-state index contributed by atoms with van der Waals surface area (Å²) in [5.41, 5.74) is 0.231. The number of hydrogen-bond donors (Lipinski definition) is 1. The first-order valence-electron chi connectivity index (χ1n) is 6.98. The van der Waals surface area contributed by atoms with Gasteiger partial charge in [-0.25, -0.2) is 0 Å². The van der Waals surface area contributed by atoms with Crippen LogP contribution in [0.5, 0.6) is 0 Å². The van der Waals surface area contributed by atoms with E-state index in [-0.39, 0.29) is 17.1 Å². The maximum Gasteiger partial charge on any atom is 0.287 e. The van der Waals surface area contributed by atoms with Gasteiger partial charge in [0, 0.05) is 19.0 Å². The fourth-order valence-corrected chi connectivity index (χ4v) is 2.06. The lowest BCUT2D eigenvalue weighted by Crippen LogP contribution is -2.37. The summed E-state index contributed by atoms with van der Waals surface area (Å²) in [4.78, 5) is 23.9. The Morgan fingerprint density at radius 3 is 2.67 bits per heavy atom. The molecular weight excluding hydrogens is 268 g/mol. The Bertz CT molecular complexity index is 698. The van der Waals surface area contributed by atoms with Gasteiger partial charge in [-0.3, -0.25) is 9.59 Å². The highest BCUT2D eigenvalue weighted by atomic mass is 16.3. The average Bonchev–Trinajstić information content (AvgIpc) is 2.42. The third kappa shape index (κ3) is 4.16. The topological polar surface area (TPSA) is 59.3 Å². The van der Waals surface area contributed by atoms with E-state index in [1.807, 2.05) is 0 Å². The van der Waals surface area contributed by atoms with Crippen LogP contribution in [-0.2, 0) is 0 Å². The summed E-state index contributed by atoms with van der Waals surface area (Å²) in [6.07, 6.45) is 0.868. The molecule has 0 atom stereocenters. The number of nitrogens with one attached hydrogen (secondary N) is 1. The second-order valence-corrected chi connectivity index (χ2v) is 6.09. The molecule has 1 N–H and O–H groups in total. The second-order valence-electron chi connectivity index (χ2n) is 6.09. The van der Waals surface area contributed by atoms with Gasteiger partial charge in [0.05, 0.1) is 33.1 Å². The van der Waals surface area contributed by atoms with E-state index < -0.39 is 0 Å². The molecule has 112 valence electrons. The number of fused-ring (bicyclic) bond motifs is 1. The van der Waals surface area contributed by atoms with E-state index in [0.717, 1.165) is 17.4 Å². The average molecular weight is 289 g/mol. The van der Waals surface area contributed by atoms with Crippen molar-refractivity contribution in [2.24, 2.45) is 0 Å². The van der Waals surface area contributed by atoms with Crippen molar-refractivity contribution in [2.45, 2.75) is 6.42 Å². The predicted molar refractivity (Wildman–Crippen MR) is 82.3 cm³/mol. The molecule has 0 saturated heterocycles. The maximum atomic E-state index is 12.0. The minimum Gasteiger partial charge on any atom is -0.451 e. The predicted octanol–water partition coefficient (Wildman–Crippen LogP) is 1.62. The van der Waals surface area contributed by atoms with E-state index in [1.54, 1.807) is 24.3 Å². The van der Waals surface area contributed by atoms with Crippen molar-refractivity contribution in [1.29, 1.82) is 0 Å². The van der Waals surface area contributed by atoms with Gasteiger partial charge in [-0.2, -0.15) is 0 Å². The monoisotopic (exact) mass is 289 g/mol. The fraction of sp³-hybridized carbons (Fsp3) is 0.375. The normalized spacial score (nSPS) is 11.6. The number of nitrogens with zero attached hydrogens (tertiary/aromatic N) is 1. The zero-order chi connectivity index (χ0) is 15.5. The summed E-state index contributed by atoms with van der Waals surface area (Å²) in [7, 11) is 6.30. The first-order chi connectivity index (χ1) is 9.87. The van der Waals surface area contributed by atoms with Crippen LogP contribution in [-0.4, -0.2) is 44.6 Å². The van der Waals surface area contributed by atoms with Gasteiger partial charge in [-0.05, 0) is 12.1 Å². The smallest absolute Gasteiger partial charge is 0.287 e. The number of carbonyl (C=O) groups is 1. The molecule has 1 heterocycles. The highest BCUT2D eigenvalue weighted by molar-refractivity contribution is 5.93. The molecule has 5 heteroatoms. The van der Waals surface area contributed by atoms with Gasteiger partial charge in [0.15, 0.2) is 11.2 Å². The van der Waals surface area contributed by atoms with Crippen molar-refractivity contribution >= 4 is 16.9 Å². The first-order valence-corrected chi connectivity index (χ1v) is 6.98. The minimum atomic E-state index is -0.348. The quantitative estimate of drug-likeness (QED) is 0.672. The van der Waals surface area contributed by atoms with Crippen LogP contribution >= 0.6 is 0 Å². The lowest BCUT2D eigenvalue weighted by atomic mass is 10.2. The van der Waals surface area contributed by atoms with Crippen LogP contribution in [0.1, 0.15) is 17.0 Å². The molecule has 0 aliphatic rings. The summed E-state index contributed by atoms with van der Waals surface area (Å²) in [5.74, 6) is -0.289. The number of carbonyl (C=O) groups excluding carboxylic acids is 1. The molecule has 0 spiro atoms. The third-order valence-corrected chi connectivity index (χ3v) is 3.15.